The average molecular weight is 165 g/mol. The lowest BCUT2D eigenvalue weighted by atomic mass is 10.4. The maximum atomic E-state index is 4.16. The number of hydrogen-bond acceptors (Lipinski definition) is 2. The fraction of sp³-hybridized carbons (Fsp3) is 0.444. The molecule has 3 heteroatoms. The van der Waals surface area contributed by atoms with Gasteiger partial charge < -0.3 is 5.32 Å². The Kier molecular flexibility index (Phi) is 3.54. The van der Waals surface area contributed by atoms with Crippen LogP contribution in [-0.4, -0.2) is 22.9 Å². The topological polar surface area (TPSA) is 29.9 Å². The van der Waals surface area contributed by atoms with Gasteiger partial charge in [0, 0.05) is 19.3 Å². The number of hydrogen-bond donors (Lipinski definition) is 1. The van der Waals surface area contributed by atoms with E-state index in [-0.39, 0.29) is 0 Å². The van der Waals surface area contributed by atoms with E-state index >= 15 is 0 Å². The van der Waals surface area contributed by atoms with Crippen LogP contribution in [0.2, 0.25) is 0 Å². The predicted octanol–water partition coefficient (Wildman–Crippen LogP) is 0.967. The molecule has 1 aromatic heterocycles. The molecule has 1 rings (SSSR count). The quantitative estimate of drug-likeness (QED) is 0.520. The highest BCUT2D eigenvalue weighted by Gasteiger charge is 1.91. The second-order valence-corrected chi connectivity index (χ2v) is 2.77. The van der Waals surface area contributed by atoms with Gasteiger partial charge in [0.15, 0.2) is 0 Å². The second-order valence-electron chi connectivity index (χ2n) is 2.77. The molecule has 0 aliphatic rings. The molecular formula is C9H15N3. The summed E-state index contributed by atoms with van der Waals surface area (Å²) in [5.41, 5.74) is 1.21. The van der Waals surface area contributed by atoms with Crippen molar-refractivity contribution in [2.75, 3.05) is 13.1 Å². The molecule has 0 radical (unpaired) electrons. The maximum absolute atomic E-state index is 4.16. The second kappa shape index (κ2) is 4.72. The van der Waals surface area contributed by atoms with Crippen molar-refractivity contribution < 1.29 is 0 Å². The third-order valence-corrected chi connectivity index (χ3v) is 1.57. The van der Waals surface area contributed by atoms with Crippen molar-refractivity contribution in [3.05, 3.63) is 30.6 Å². The highest BCUT2D eigenvalue weighted by atomic mass is 15.3. The fourth-order valence-electron chi connectivity index (χ4n) is 0.987. The van der Waals surface area contributed by atoms with E-state index in [0.29, 0.717) is 0 Å². The molecule has 0 aliphatic heterocycles. The van der Waals surface area contributed by atoms with E-state index < -0.39 is 0 Å². The zero-order chi connectivity index (χ0) is 8.81. The van der Waals surface area contributed by atoms with Crippen LogP contribution in [0.3, 0.4) is 0 Å². The zero-order valence-electron chi connectivity index (χ0n) is 7.45. The summed E-state index contributed by atoms with van der Waals surface area (Å²) in [7, 11) is 0. The van der Waals surface area contributed by atoms with Crippen molar-refractivity contribution in [1.29, 1.82) is 0 Å². The molecule has 0 fully saturated rings. The average Bonchev–Trinajstić information content (AvgIpc) is 2.45. The van der Waals surface area contributed by atoms with Gasteiger partial charge >= 0.3 is 0 Å². The summed E-state index contributed by atoms with van der Waals surface area (Å²) in [6.45, 7) is 8.38. The first-order valence-electron chi connectivity index (χ1n) is 4.13. The summed E-state index contributed by atoms with van der Waals surface area (Å²) in [5, 5.41) is 7.38. The first-order chi connectivity index (χ1) is 5.83. The van der Waals surface area contributed by atoms with E-state index in [4.69, 9.17) is 0 Å². The summed E-state index contributed by atoms with van der Waals surface area (Å²) in [5.74, 6) is 0. The molecule has 0 aliphatic carbocycles. The largest absolute Gasteiger partial charge is 0.311 e. The number of nitrogens with zero attached hydrogens (tertiary/aromatic N) is 2. The Hall–Kier alpha value is -1.09. The number of nitrogens with one attached hydrogen (secondary N) is 1. The molecule has 0 spiro atoms. The Morgan fingerprint density at radius 2 is 2.58 bits per heavy atom. The van der Waals surface area contributed by atoms with Crippen molar-refractivity contribution in [3.63, 3.8) is 0 Å². The molecule has 1 heterocycles. The highest BCUT2D eigenvalue weighted by molar-refractivity contribution is 4.99. The molecule has 3 nitrogen and oxygen atoms in total. The third-order valence-electron chi connectivity index (χ3n) is 1.57. The van der Waals surface area contributed by atoms with Gasteiger partial charge in [0.2, 0.25) is 0 Å². The number of aromatic nitrogens is 2. The van der Waals surface area contributed by atoms with Gasteiger partial charge in [0.25, 0.3) is 0 Å². The van der Waals surface area contributed by atoms with Gasteiger partial charge in [-0.25, -0.2) is 0 Å². The molecule has 1 N–H and O–H groups in total. The van der Waals surface area contributed by atoms with E-state index in [9.17, 15) is 0 Å². The predicted molar refractivity (Wildman–Crippen MR) is 50.0 cm³/mol. The monoisotopic (exact) mass is 165 g/mol. The van der Waals surface area contributed by atoms with Crippen molar-refractivity contribution in [3.8, 4) is 0 Å². The minimum Gasteiger partial charge on any atom is -0.311 e. The van der Waals surface area contributed by atoms with Crippen LogP contribution in [0, 0.1) is 6.92 Å². The molecule has 0 saturated heterocycles. The lowest BCUT2D eigenvalue weighted by Crippen LogP contribution is -2.19. The molecular weight excluding hydrogens is 150 g/mol. The molecule has 0 atom stereocenters. The van der Waals surface area contributed by atoms with Gasteiger partial charge in [-0.15, -0.1) is 6.58 Å². The van der Waals surface area contributed by atoms with Gasteiger partial charge in [-0.1, -0.05) is 6.08 Å². The van der Waals surface area contributed by atoms with Crippen LogP contribution >= 0.6 is 0 Å². The van der Waals surface area contributed by atoms with E-state index in [0.717, 1.165) is 19.6 Å². The van der Waals surface area contributed by atoms with Crippen molar-refractivity contribution in [2.24, 2.45) is 0 Å². The third kappa shape index (κ3) is 2.88. The van der Waals surface area contributed by atoms with E-state index in [1.165, 1.54) is 5.56 Å². The van der Waals surface area contributed by atoms with Crippen molar-refractivity contribution >= 4 is 0 Å². The first-order valence-corrected chi connectivity index (χ1v) is 4.13. The minimum atomic E-state index is 0.861. The van der Waals surface area contributed by atoms with Gasteiger partial charge in [0.05, 0.1) is 12.7 Å². The van der Waals surface area contributed by atoms with Crippen LogP contribution in [0.1, 0.15) is 5.56 Å². The normalized spacial score (nSPS) is 10.1. The van der Waals surface area contributed by atoms with Crippen LogP contribution in [-0.2, 0) is 6.54 Å². The van der Waals surface area contributed by atoms with E-state index in [1.807, 2.05) is 30.1 Å². The fourth-order valence-corrected chi connectivity index (χ4v) is 0.987. The van der Waals surface area contributed by atoms with Crippen molar-refractivity contribution in [2.45, 2.75) is 13.5 Å². The van der Waals surface area contributed by atoms with Crippen molar-refractivity contribution in [1.82, 2.24) is 15.1 Å². The Morgan fingerprint density at radius 1 is 1.75 bits per heavy atom. The molecule has 0 bridgehead atoms. The Morgan fingerprint density at radius 3 is 3.17 bits per heavy atom. The Balaban J connectivity index is 2.19. The standard InChI is InChI=1S/C9H15N3/c1-3-4-10-5-6-12-8-9(2)7-11-12/h3,7-8,10H,1,4-6H2,2H3. The van der Waals surface area contributed by atoms with Gasteiger partial charge in [-0.2, -0.15) is 5.10 Å². The summed E-state index contributed by atoms with van der Waals surface area (Å²) in [6, 6.07) is 0. The summed E-state index contributed by atoms with van der Waals surface area (Å²) in [6.07, 6.45) is 5.76. The SMILES string of the molecule is C=CCNCCn1cc(C)cn1. The van der Waals surface area contributed by atoms with E-state index in [2.05, 4.69) is 17.0 Å². The van der Waals surface area contributed by atoms with E-state index in [1.54, 1.807) is 0 Å². The molecule has 0 amide bonds. The number of aryl methyl sites for hydroxylation is 1. The summed E-state index contributed by atoms with van der Waals surface area (Å²) >= 11 is 0. The van der Waals surface area contributed by atoms with Crippen LogP contribution in [0.15, 0.2) is 25.0 Å². The molecule has 1 aromatic rings. The maximum Gasteiger partial charge on any atom is 0.0534 e. The van der Waals surface area contributed by atoms with Crippen LogP contribution < -0.4 is 5.32 Å². The zero-order valence-corrected chi connectivity index (χ0v) is 7.45. The Bertz CT molecular complexity index is 240. The lowest BCUT2D eigenvalue weighted by Gasteiger charge is -2.01. The molecule has 12 heavy (non-hydrogen) atoms. The molecule has 0 unspecified atom stereocenters. The van der Waals surface area contributed by atoms with Crippen LogP contribution in [0.25, 0.3) is 0 Å². The van der Waals surface area contributed by atoms with Crippen LogP contribution in [0.4, 0.5) is 0 Å². The molecule has 0 aromatic carbocycles. The highest BCUT2D eigenvalue weighted by Crippen LogP contribution is 1.92. The lowest BCUT2D eigenvalue weighted by molar-refractivity contribution is 0.573. The summed E-state index contributed by atoms with van der Waals surface area (Å²) in [4.78, 5) is 0. The molecule has 0 saturated carbocycles. The smallest absolute Gasteiger partial charge is 0.0534 e. The Labute approximate surface area is 73.1 Å². The number of rotatable bonds is 5. The van der Waals surface area contributed by atoms with Crippen LogP contribution in [0.5, 0.6) is 0 Å². The van der Waals surface area contributed by atoms with Gasteiger partial charge in [0.1, 0.15) is 0 Å². The molecule has 66 valence electrons. The van der Waals surface area contributed by atoms with Gasteiger partial charge in [-0.05, 0) is 12.5 Å². The summed E-state index contributed by atoms with van der Waals surface area (Å²) < 4.78 is 1.94. The first kappa shape index (κ1) is 9.00. The minimum absolute atomic E-state index is 0.861. The van der Waals surface area contributed by atoms with Gasteiger partial charge in [-0.3, -0.25) is 4.68 Å².